The molecule has 3 rings (SSSR count). The van der Waals surface area contributed by atoms with Crippen LogP contribution < -0.4 is 4.74 Å². The zero-order valence-corrected chi connectivity index (χ0v) is 18.4. The van der Waals surface area contributed by atoms with Gasteiger partial charge in [0.05, 0.1) is 0 Å². The van der Waals surface area contributed by atoms with E-state index in [2.05, 4.69) is 5.10 Å². The van der Waals surface area contributed by atoms with E-state index in [4.69, 9.17) is 16.3 Å². The highest BCUT2D eigenvalue weighted by molar-refractivity contribution is 6.32. The Morgan fingerprint density at radius 3 is 2.62 bits per heavy atom. The molecule has 29 heavy (non-hydrogen) atoms. The van der Waals surface area contributed by atoms with E-state index in [1.54, 1.807) is 16.9 Å². The quantitative estimate of drug-likeness (QED) is 0.789. The number of benzene rings is 1. The Morgan fingerprint density at radius 2 is 1.97 bits per heavy atom. The van der Waals surface area contributed by atoms with Crippen molar-refractivity contribution < 1.29 is 14.6 Å². The summed E-state index contributed by atoms with van der Waals surface area (Å²) in [5, 5.41) is 16.1. The number of rotatable bonds is 5. The number of ether oxygens (including phenoxy) is 1. The van der Waals surface area contributed by atoms with Crippen molar-refractivity contribution in [2.45, 2.75) is 58.6 Å². The first-order valence-corrected chi connectivity index (χ1v) is 10.5. The van der Waals surface area contributed by atoms with Gasteiger partial charge in [-0.1, -0.05) is 11.6 Å². The molecule has 1 amide bonds. The molecular formula is C22H30ClN3O3. The summed E-state index contributed by atoms with van der Waals surface area (Å²) < 4.78 is 7.66. The van der Waals surface area contributed by atoms with Gasteiger partial charge in [-0.3, -0.25) is 9.48 Å². The van der Waals surface area contributed by atoms with Gasteiger partial charge in [0.2, 0.25) is 0 Å². The predicted molar refractivity (Wildman–Crippen MR) is 114 cm³/mol. The summed E-state index contributed by atoms with van der Waals surface area (Å²) in [5.74, 6) is 0.668. The average molecular weight is 420 g/mol. The molecule has 1 aliphatic rings. The highest BCUT2D eigenvalue weighted by Crippen LogP contribution is 2.29. The van der Waals surface area contributed by atoms with Gasteiger partial charge in [-0.15, -0.1) is 0 Å². The third-order valence-corrected chi connectivity index (χ3v) is 6.10. The van der Waals surface area contributed by atoms with Crippen molar-refractivity contribution >= 4 is 17.5 Å². The number of nitrogens with zero attached hydrogens (tertiary/aromatic N) is 3. The van der Waals surface area contributed by atoms with Gasteiger partial charge in [-0.25, -0.2) is 0 Å². The number of hydrogen-bond donors (Lipinski definition) is 1. The summed E-state index contributed by atoms with van der Waals surface area (Å²) >= 11 is 6.22. The van der Waals surface area contributed by atoms with Crippen molar-refractivity contribution in [3.8, 4) is 5.75 Å². The molecule has 0 saturated carbocycles. The Morgan fingerprint density at radius 1 is 1.28 bits per heavy atom. The van der Waals surface area contributed by atoms with Crippen molar-refractivity contribution in [2.24, 2.45) is 0 Å². The zero-order chi connectivity index (χ0) is 21.2. The molecule has 1 atom stereocenters. The number of carbonyl (C=O) groups excluding carboxylic acids is 1. The Balaban J connectivity index is 1.64. The SMILES string of the molecule is Cc1cc(OCC2(O)CCCN(C(=O)c3ccnn3C(C)C)CC2)cc(C)c1Cl. The number of carbonyl (C=O) groups is 1. The minimum absolute atomic E-state index is 0.0367. The molecule has 7 heteroatoms. The molecule has 2 aromatic rings. The molecule has 0 radical (unpaired) electrons. The maximum atomic E-state index is 13.0. The second-order valence-electron chi connectivity index (χ2n) is 8.28. The van der Waals surface area contributed by atoms with E-state index in [1.807, 2.05) is 44.7 Å². The summed E-state index contributed by atoms with van der Waals surface area (Å²) in [4.78, 5) is 14.8. The summed E-state index contributed by atoms with van der Waals surface area (Å²) in [7, 11) is 0. The summed E-state index contributed by atoms with van der Waals surface area (Å²) in [6, 6.07) is 5.65. The average Bonchev–Trinajstić information content (AvgIpc) is 3.08. The summed E-state index contributed by atoms with van der Waals surface area (Å²) in [6.07, 6.45) is 3.44. The number of likely N-dealkylation sites (tertiary alicyclic amines) is 1. The van der Waals surface area contributed by atoms with E-state index in [1.165, 1.54) is 0 Å². The standard InChI is InChI=1S/C22H30ClN3O3/c1-15(2)26-19(6-9-24-26)21(27)25-10-5-7-22(28,8-11-25)14-29-18-12-16(3)20(23)17(4)13-18/h6,9,12-13,15,28H,5,7-8,10-11,14H2,1-4H3. The van der Waals surface area contributed by atoms with Gasteiger partial charge >= 0.3 is 0 Å². The van der Waals surface area contributed by atoms with Crippen LogP contribution in [0.25, 0.3) is 0 Å². The zero-order valence-electron chi connectivity index (χ0n) is 17.6. The smallest absolute Gasteiger partial charge is 0.272 e. The lowest BCUT2D eigenvalue weighted by molar-refractivity contribution is -0.0163. The molecule has 2 heterocycles. The number of aliphatic hydroxyl groups is 1. The molecule has 1 aromatic carbocycles. The fourth-order valence-electron chi connectivity index (χ4n) is 3.79. The molecule has 1 unspecified atom stereocenters. The molecule has 6 nitrogen and oxygen atoms in total. The van der Waals surface area contributed by atoms with Crippen LogP contribution in [0.4, 0.5) is 0 Å². The normalized spacial score (nSPS) is 20.0. The fourth-order valence-corrected chi connectivity index (χ4v) is 3.90. The number of halogens is 1. The van der Waals surface area contributed by atoms with Crippen molar-refractivity contribution in [3.63, 3.8) is 0 Å². The molecule has 1 saturated heterocycles. The van der Waals surface area contributed by atoms with E-state index < -0.39 is 5.60 Å². The van der Waals surface area contributed by atoms with E-state index in [0.29, 0.717) is 37.4 Å². The van der Waals surface area contributed by atoms with Crippen LogP contribution in [-0.2, 0) is 0 Å². The van der Waals surface area contributed by atoms with Crippen molar-refractivity contribution in [1.29, 1.82) is 0 Å². The summed E-state index contributed by atoms with van der Waals surface area (Å²) in [5.41, 5.74) is 1.53. The largest absolute Gasteiger partial charge is 0.491 e. The Kier molecular flexibility index (Phi) is 6.54. The minimum atomic E-state index is -0.964. The number of aryl methyl sites for hydroxylation is 2. The van der Waals surface area contributed by atoms with Crippen LogP contribution >= 0.6 is 11.6 Å². The molecule has 158 valence electrons. The van der Waals surface area contributed by atoms with Crippen LogP contribution in [-0.4, -0.2) is 51.0 Å². The molecular weight excluding hydrogens is 390 g/mol. The highest BCUT2D eigenvalue weighted by atomic mass is 35.5. The maximum Gasteiger partial charge on any atom is 0.272 e. The van der Waals surface area contributed by atoms with Crippen LogP contribution in [0, 0.1) is 13.8 Å². The first-order chi connectivity index (χ1) is 13.7. The van der Waals surface area contributed by atoms with E-state index in [-0.39, 0.29) is 18.6 Å². The van der Waals surface area contributed by atoms with Crippen LogP contribution in [0.3, 0.4) is 0 Å². The molecule has 1 aliphatic heterocycles. The maximum absolute atomic E-state index is 13.0. The lowest BCUT2D eigenvalue weighted by Crippen LogP contribution is -2.38. The van der Waals surface area contributed by atoms with Crippen molar-refractivity contribution in [1.82, 2.24) is 14.7 Å². The lowest BCUT2D eigenvalue weighted by atomic mass is 9.96. The van der Waals surface area contributed by atoms with Gasteiger partial charge < -0.3 is 14.7 Å². The van der Waals surface area contributed by atoms with Gasteiger partial charge in [0, 0.05) is 30.4 Å². The number of hydrogen-bond acceptors (Lipinski definition) is 4. The molecule has 1 fully saturated rings. The van der Waals surface area contributed by atoms with Gasteiger partial charge in [0.15, 0.2) is 0 Å². The van der Waals surface area contributed by atoms with Crippen molar-refractivity contribution in [2.75, 3.05) is 19.7 Å². The van der Waals surface area contributed by atoms with Crippen LogP contribution in [0.15, 0.2) is 24.4 Å². The monoisotopic (exact) mass is 419 g/mol. The van der Waals surface area contributed by atoms with Gasteiger partial charge in [-0.2, -0.15) is 5.10 Å². The van der Waals surface area contributed by atoms with Crippen LogP contribution in [0.2, 0.25) is 5.02 Å². The number of aromatic nitrogens is 2. The predicted octanol–water partition coefficient (Wildman–Crippen LogP) is 4.17. The van der Waals surface area contributed by atoms with Crippen LogP contribution in [0.1, 0.15) is 60.8 Å². The molecule has 0 aliphatic carbocycles. The highest BCUT2D eigenvalue weighted by Gasteiger charge is 2.33. The lowest BCUT2D eigenvalue weighted by Gasteiger charge is -2.27. The third kappa shape index (κ3) is 4.93. The fraction of sp³-hybridized carbons (Fsp3) is 0.545. The van der Waals surface area contributed by atoms with E-state index >= 15 is 0 Å². The van der Waals surface area contributed by atoms with E-state index in [9.17, 15) is 9.90 Å². The van der Waals surface area contributed by atoms with E-state index in [0.717, 1.165) is 22.6 Å². The number of amides is 1. The minimum Gasteiger partial charge on any atom is -0.491 e. The molecule has 1 N–H and O–H groups in total. The topological polar surface area (TPSA) is 67.6 Å². The van der Waals surface area contributed by atoms with Gasteiger partial charge in [0.1, 0.15) is 23.7 Å². The second-order valence-corrected chi connectivity index (χ2v) is 8.66. The Hall–Kier alpha value is -2.05. The Labute approximate surface area is 177 Å². The Bertz CT molecular complexity index is 857. The van der Waals surface area contributed by atoms with Crippen molar-refractivity contribution in [3.05, 3.63) is 46.2 Å². The molecule has 0 bridgehead atoms. The van der Waals surface area contributed by atoms with Gasteiger partial charge in [-0.05, 0) is 76.3 Å². The first kappa shape index (κ1) is 21.7. The third-order valence-electron chi connectivity index (χ3n) is 5.50. The molecule has 0 spiro atoms. The first-order valence-electron chi connectivity index (χ1n) is 10.1. The van der Waals surface area contributed by atoms with Gasteiger partial charge in [0.25, 0.3) is 5.91 Å². The summed E-state index contributed by atoms with van der Waals surface area (Å²) in [6.45, 7) is 9.18. The molecule has 1 aromatic heterocycles. The van der Waals surface area contributed by atoms with Crippen LogP contribution in [0.5, 0.6) is 5.75 Å². The second kappa shape index (κ2) is 8.76.